The fourth-order valence-electron chi connectivity index (χ4n) is 3.91. The number of rotatable bonds is 5. The minimum absolute atomic E-state index is 0.213. The fraction of sp³-hybridized carbons (Fsp3) is 0.333. The van der Waals surface area contributed by atoms with E-state index in [0.29, 0.717) is 6.42 Å². The summed E-state index contributed by atoms with van der Waals surface area (Å²) >= 11 is 1.57. The molecule has 0 spiro atoms. The molecule has 1 unspecified atom stereocenters. The second-order valence-corrected chi connectivity index (χ2v) is 9.22. The first-order chi connectivity index (χ1) is 15.2. The summed E-state index contributed by atoms with van der Waals surface area (Å²) < 4.78 is 18.6. The Morgan fingerprint density at radius 1 is 1.00 bits per heavy atom. The Hall–Kier alpha value is -2.17. The summed E-state index contributed by atoms with van der Waals surface area (Å²) in [5.74, 6) is -2.58. The highest BCUT2D eigenvalue weighted by molar-refractivity contribution is 7.15. The lowest BCUT2D eigenvalue weighted by molar-refractivity contribution is -0.357. The molecule has 1 aliphatic heterocycles. The lowest BCUT2D eigenvalue weighted by Gasteiger charge is -2.45. The number of aliphatic hydroxyl groups excluding tert-OH is 4. The third-order valence-corrected chi connectivity index (χ3v) is 7.02. The van der Waals surface area contributed by atoms with Crippen molar-refractivity contribution >= 4 is 11.3 Å². The van der Waals surface area contributed by atoms with Gasteiger partial charge >= 0.3 is 0 Å². The average molecular weight is 461 g/mol. The number of aryl methyl sites for hydroxylation is 1. The van der Waals surface area contributed by atoms with Gasteiger partial charge in [-0.1, -0.05) is 24.3 Å². The predicted octanol–water partition coefficient (Wildman–Crippen LogP) is 2.07. The van der Waals surface area contributed by atoms with Crippen LogP contribution in [-0.4, -0.2) is 56.6 Å². The van der Waals surface area contributed by atoms with Crippen LogP contribution in [0, 0.1) is 12.7 Å². The third kappa shape index (κ3) is 4.23. The zero-order chi connectivity index (χ0) is 23.0. The fourth-order valence-corrected chi connectivity index (χ4v) is 4.94. The van der Waals surface area contributed by atoms with Gasteiger partial charge in [0, 0.05) is 21.7 Å². The van der Waals surface area contributed by atoms with E-state index in [1.54, 1.807) is 41.7 Å². The van der Waals surface area contributed by atoms with Crippen molar-refractivity contribution in [2.45, 2.75) is 43.5 Å². The van der Waals surface area contributed by atoms with Crippen LogP contribution in [-0.2, 0) is 16.9 Å². The van der Waals surface area contributed by atoms with Gasteiger partial charge in [-0.15, -0.1) is 11.3 Å². The molecule has 5 N–H and O–H groups in total. The third-order valence-electron chi connectivity index (χ3n) is 5.88. The summed E-state index contributed by atoms with van der Waals surface area (Å²) in [6.07, 6.45) is -5.73. The molecule has 0 saturated carbocycles. The predicted molar refractivity (Wildman–Crippen MR) is 118 cm³/mol. The maximum absolute atomic E-state index is 13.2. The van der Waals surface area contributed by atoms with Crippen molar-refractivity contribution < 1.29 is 34.7 Å². The van der Waals surface area contributed by atoms with Crippen LogP contribution in [0.3, 0.4) is 0 Å². The molecule has 8 heteroatoms. The van der Waals surface area contributed by atoms with Gasteiger partial charge in [-0.3, -0.25) is 0 Å². The first-order valence-corrected chi connectivity index (χ1v) is 11.0. The van der Waals surface area contributed by atoms with Gasteiger partial charge in [-0.05, 0) is 53.9 Å². The van der Waals surface area contributed by atoms with Gasteiger partial charge in [0.25, 0.3) is 0 Å². The van der Waals surface area contributed by atoms with Crippen LogP contribution in [0.25, 0.3) is 10.4 Å². The summed E-state index contributed by atoms with van der Waals surface area (Å²) in [7, 11) is 0. The number of ether oxygens (including phenoxy) is 1. The molecule has 1 aliphatic rings. The monoisotopic (exact) mass is 460 g/mol. The molecule has 1 saturated heterocycles. The largest absolute Gasteiger partial charge is 0.394 e. The number of benzene rings is 2. The summed E-state index contributed by atoms with van der Waals surface area (Å²) in [5, 5.41) is 51.1. The zero-order valence-corrected chi connectivity index (χ0v) is 18.2. The van der Waals surface area contributed by atoms with Crippen molar-refractivity contribution in [3.63, 3.8) is 0 Å². The second kappa shape index (κ2) is 8.99. The van der Waals surface area contributed by atoms with Crippen LogP contribution in [0.5, 0.6) is 0 Å². The van der Waals surface area contributed by atoms with E-state index in [4.69, 9.17) is 4.74 Å². The molecule has 1 fully saturated rings. The molecule has 2 heterocycles. The van der Waals surface area contributed by atoms with E-state index in [-0.39, 0.29) is 11.4 Å². The molecule has 5 atom stereocenters. The summed E-state index contributed by atoms with van der Waals surface area (Å²) in [4.78, 5) is 2.05. The van der Waals surface area contributed by atoms with Gasteiger partial charge in [-0.2, -0.15) is 0 Å². The first-order valence-electron chi connectivity index (χ1n) is 10.2. The molecule has 2 aromatic carbocycles. The molecular weight excluding hydrogens is 435 g/mol. The topological polar surface area (TPSA) is 110 Å². The van der Waals surface area contributed by atoms with Gasteiger partial charge in [0.2, 0.25) is 5.79 Å². The average Bonchev–Trinajstić information content (AvgIpc) is 3.25. The van der Waals surface area contributed by atoms with E-state index < -0.39 is 36.8 Å². The highest BCUT2D eigenvalue weighted by Gasteiger charge is 2.53. The maximum Gasteiger partial charge on any atom is 0.222 e. The second-order valence-electron chi connectivity index (χ2n) is 8.05. The SMILES string of the molecule is Cc1ccc([C@]2(O)O[C@H](CO)[C@@H](O)C(O)[C@@H]2O)cc1Cc1ccc(-c2ccc(F)cc2)s1. The molecule has 32 heavy (non-hydrogen) atoms. The van der Waals surface area contributed by atoms with Crippen LogP contribution >= 0.6 is 11.3 Å². The lowest BCUT2D eigenvalue weighted by atomic mass is 9.86. The van der Waals surface area contributed by atoms with Gasteiger partial charge in [0.1, 0.15) is 30.2 Å². The van der Waals surface area contributed by atoms with E-state index in [9.17, 15) is 29.9 Å². The molecule has 1 aromatic heterocycles. The zero-order valence-electron chi connectivity index (χ0n) is 17.4. The number of thiophene rings is 1. The molecule has 6 nitrogen and oxygen atoms in total. The smallest absolute Gasteiger partial charge is 0.222 e. The van der Waals surface area contributed by atoms with Crippen LogP contribution in [0.15, 0.2) is 54.6 Å². The van der Waals surface area contributed by atoms with E-state index in [1.165, 1.54) is 12.1 Å². The Morgan fingerprint density at radius 3 is 2.41 bits per heavy atom. The minimum atomic E-state index is -2.29. The lowest BCUT2D eigenvalue weighted by Crippen LogP contribution is -2.63. The minimum Gasteiger partial charge on any atom is -0.394 e. The maximum atomic E-state index is 13.2. The van der Waals surface area contributed by atoms with Crippen molar-refractivity contribution in [2.75, 3.05) is 6.61 Å². The molecule has 0 aliphatic carbocycles. The van der Waals surface area contributed by atoms with E-state index in [2.05, 4.69) is 0 Å². The van der Waals surface area contributed by atoms with Crippen LogP contribution in [0.2, 0.25) is 0 Å². The normalized spacial score (nSPS) is 28.1. The first kappa shape index (κ1) is 23.0. The molecular formula is C24H25FO6S. The molecule has 0 radical (unpaired) electrons. The van der Waals surface area contributed by atoms with E-state index in [0.717, 1.165) is 26.4 Å². The quantitative estimate of drug-likeness (QED) is 0.399. The molecule has 3 aromatic rings. The van der Waals surface area contributed by atoms with Crippen molar-refractivity contribution in [3.05, 3.63) is 82.0 Å². The van der Waals surface area contributed by atoms with Crippen molar-refractivity contribution in [1.82, 2.24) is 0 Å². The molecule has 4 rings (SSSR count). The van der Waals surface area contributed by atoms with Crippen molar-refractivity contribution in [2.24, 2.45) is 0 Å². The Bertz CT molecular complexity index is 1080. The number of aliphatic hydroxyl groups is 5. The van der Waals surface area contributed by atoms with Gasteiger partial charge in [0.15, 0.2) is 0 Å². The van der Waals surface area contributed by atoms with E-state index >= 15 is 0 Å². The summed E-state index contributed by atoms with van der Waals surface area (Å²) in [6, 6.07) is 15.3. The van der Waals surface area contributed by atoms with E-state index in [1.807, 2.05) is 19.1 Å². The molecule has 0 bridgehead atoms. The summed E-state index contributed by atoms with van der Waals surface area (Å²) in [5.41, 5.74) is 2.97. The van der Waals surface area contributed by atoms with Crippen molar-refractivity contribution in [3.8, 4) is 10.4 Å². The highest BCUT2D eigenvalue weighted by Crippen LogP contribution is 2.38. The van der Waals surface area contributed by atoms with Gasteiger partial charge < -0.3 is 30.3 Å². The number of halogens is 1. The Labute approximate surface area is 188 Å². The van der Waals surface area contributed by atoms with Gasteiger partial charge in [0.05, 0.1) is 6.61 Å². The molecule has 0 amide bonds. The standard InChI is InChI=1S/C24H25FO6S/c1-13-2-5-16(24(30)23(29)22(28)21(27)19(12-26)31-24)10-15(13)11-18-8-9-20(32-18)14-3-6-17(25)7-4-14/h2-10,19,21-23,26-30H,11-12H2,1H3/t19-,21-,22?,23+,24+/m1/s1. The summed E-state index contributed by atoms with van der Waals surface area (Å²) in [6.45, 7) is 1.29. The van der Waals surface area contributed by atoms with Crippen LogP contribution in [0.4, 0.5) is 4.39 Å². The molecule has 170 valence electrons. The Balaban J connectivity index is 1.61. The Morgan fingerprint density at radius 2 is 1.72 bits per heavy atom. The van der Waals surface area contributed by atoms with Crippen LogP contribution in [0.1, 0.15) is 21.6 Å². The highest BCUT2D eigenvalue weighted by atomic mass is 32.1. The van der Waals surface area contributed by atoms with Crippen molar-refractivity contribution in [1.29, 1.82) is 0 Å². The van der Waals surface area contributed by atoms with Crippen LogP contribution < -0.4 is 0 Å². The number of hydrogen-bond donors (Lipinski definition) is 5. The van der Waals surface area contributed by atoms with Gasteiger partial charge in [-0.25, -0.2) is 4.39 Å². The Kier molecular flexibility index (Phi) is 6.46. The number of hydrogen-bond acceptors (Lipinski definition) is 7.